The van der Waals surface area contributed by atoms with Crippen LogP contribution in [0.5, 0.6) is 0 Å². The van der Waals surface area contributed by atoms with Crippen molar-refractivity contribution in [2.24, 2.45) is 5.92 Å². The molecule has 3 heteroatoms. The van der Waals surface area contributed by atoms with Crippen molar-refractivity contribution >= 4 is 11.7 Å². The van der Waals surface area contributed by atoms with E-state index < -0.39 is 0 Å². The van der Waals surface area contributed by atoms with Crippen LogP contribution in [-0.4, -0.2) is 18.6 Å². The zero-order valence-electron chi connectivity index (χ0n) is 9.10. The van der Waals surface area contributed by atoms with Crippen LogP contribution in [0.25, 0.3) is 0 Å². The molecular formula is C12H16N2O. The molecule has 1 aliphatic rings. The molecule has 1 aromatic carbocycles. The standard InChI is InChI=1S/C12H16N2O/c1-9(2)11-8-14(12(15)13-11)10-6-4-3-5-7-10/h3-7,9,11H,8H2,1-2H3,(H,13,15)/t11-/m1/s1. The van der Waals surface area contributed by atoms with Crippen molar-refractivity contribution in [3.63, 3.8) is 0 Å². The molecule has 1 N–H and O–H groups in total. The molecule has 2 amide bonds. The van der Waals surface area contributed by atoms with E-state index in [0.717, 1.165) is 12.2 Å². The third kappa shape index (κ3) is 1.96. The molecule has 1 aromatic rings. The van der Waals surface area contributed by atoms with Crippen molar-refractivity contribution in [2.45, 2.75) is 19.9 Å². The number of nitrogens with zero attached hydrogens (tertiary/aromatic N) is 1. The van der Waals surface area contributed by atoms with Gasteiger partial charge < -0.3 is 5.32 Å². The van der Waals surface area contributed by atoms with Crippen LogP contribution in [0.3, 0.4) is 0 Å². The maximum Gasteiger partial charge on any atom is 0.322 e. The molecule has 0 aromatic heterocycles. The second-order valence-corrected chi connectivity index (χ2v) is 4.25. The average molecular weight is 204 g/mol. The van der Waals surface area contributed by atoms with Crippen LogP contribution in [0, 0.1) is 5.92 Å². The Hall–Kier alpha value is -1.51. The summed E-state index contributed by atoms with van der Waals surface area (Å²) in [5, 5.41) is 2.99. The minimum atomic E-state index is 0.0138. The van der Waals surface area contributed by atoms with Gasteiger partial charge in [-0.3, -0.25) is 4.90 Å². The Balaban J connectivity index is 2.16. The Morgan fingerprint density at radius 2 is 2.00 bits per heavy atom. The van der Waals surface area contributed by atoms with E-state index in [2.05, 4.69) is 19.2 Å². The highest BCUT2D eigenvalue weighted by Gasteiger charge is 2.31. The molecular weight excluding hydrogens is 188 g/mol. The third-order valence-electron chi connectivity index (χ3n) is 2.81. The first-order valence-corrected chi connectivity index (χ1v) is 5.31. The lowest BCUT2D eigenvalue weighted by Crippen LogP contribution is -2.31. The Labute approximate surface area is 90.1 Å². The van der Waals surface area contributed by atoms with E-state index in [4.69, 9.17) is 0 Å². The Bertz CT molecular complexity index is 348. The molecule has 0 spiro atoms. The zero-order valence-corrected chi connectivity index (χ0v) is 9.10. The molecule has 1 fully saturated rings. The number of benzene rings is 1. The highest BCUT2D eigenvalue weighted by molar-refractivity contribution is 5.94. The second-order valence-electron chi connectivity index (χ2n) is 4.25. The monoisotopic (exact) mass is 204 g/mol. The molecule has 1 heterocycles. The number of urea groups is 1. The number of rotatable bonds is 2. The van der Waals surface area contributed by atoms with Crippen LogP contribution < -0.4 is 10.2 Å². The van der Waals surface area contributed by atoms with Crippen molar-refractivity contribution in [1.29, 1.82) is 0 Å². The number of amides is 2. The van der Waals surface area contributed by atoms with Gasteiger partial charge in [-0.25, -0.2) is 4.79 Å². The molecule has 0 saturated carbocycles. The Kier molecular flexibility index (Phi) is 2.62. The second kappa shape index (κ2) is 3.93. The van der Waals surface area contributed by atoms with E-state index in [1.807, 2.05) is 30.3 Å². The van der Waals surface area contributed by atoms with Crippen molar-refractivity contribution in [3.05, 3.63) is 30.3 Å². The zero-order chi connectivity index (χ0) is 10.8. The number of hydrogen-bond donors (Lipinski definition) is 1. The quantitative estimate of drug-likeness (QED) is 0.787. The normalized spacial score (nSPS) is 20.9. The van der Waals surface area contributed by atoms with Gasteiger partial charge in [-0.1, -0.05) is 32.0 Å². The summed E-state index contributed by atoms with van der Waals surface area (Å²) in [6.07, 6.45) is 0. The summed E-state index contributed by atoms with van der Waals surface area (Å²) in [5.74, 6) is 0.475. The minimum Gasteiger partial charge on any atom is -0.333 e. The highest BCUT2D eigenvalue weighted by atomic mass is 16.2. The summed E-state index contributed by atoms with van der Waals surface area (Å²) >= 11 is 0. The summed E-state index contributed by atoms with van der Waals surface area (Å²) in [6, 6.07) is 10.1. The van der Waals surface area contributed by atoms with E-state index in [9.17, 15) is 4.79 Å². The van der Waals surface area contributed by atoms with Gasteiger partial charge in [-0.05, 0) is 18.1 Å². The van der Waals surface area contributed by atoms with Crippen LogP contribution >= 0.6 is 0 Å². The lowest BCUT2D eigenvalue weighted by Gasteiger charge is -2.15. The van der Waals surface area contributed by atoms with E-state index in [1.54, 1.807) is 4.90 Å². The van der Waals surface area contributed by atoms with Gasteiger partial charge in [0.15, 0.2) is 0 Å². The van der Waals surface area contributed by atoms with Gasteiger partial charge in [0.05, 0.1) is 6.04 Å². The summed E-state index contributed by atoms with van der Waals surface area (Å²) in [5.41, 5.74) is 0.971. The number of nitrogens with one attached hydrogen (secondary N) is 1. The van der Waals surface area contributed by atoms with E-state index in [0.29, 0.717) is 5.92 Å². The number of hydrogen-bond acceptors (Lipinski definition) is 1. The first-order chi connectivity index (χ1) is 7.18. The fourth-order valence-electron chi connectivity index (χ4n) is 1.77. The highest BCUT2D eigenvalue weighted by Crippen LogP contribution is 2.20. The van der Waals surface area contributed by atoms with E-state index >= 15 is 0 Å². The van der Waals surface area contributed by atoms with Crippen LogP contribution in [0.2, 0.25) is 0 Å². The molecule has 1 atom stereocenters. The van der Waals surface area contributed by atoms with Gasteiger partial charge in [0.2, 0.25) is 0 Å². The molecule has 80 valence electrons. The van der Waals surface area contributed by atoms with Crippen LogP contribution in [0.15, 0.2) is 30.3 Å². The Morgan fingerprint density at radius 3 is 2.53 bits per heavy atom. The fraction of sp³-hybridized carbons (Fsp3) is 0.417. The van der Waals surface area contributed by atoms with Gasteiger partial charge in [-0.15, -0.1) is 0 Å². The average Bonchev–Trinajstić information content (AvgIpc) is 2.62. The maximum absolute atomic E-state index is 11.7. The predicted octanol–water partition coefficient (Wildman–Crippen LogP) is 2.24. The topological polar surface area (TPSA) is 32.3 Å². The first-order valence-electron chi connectivity index (χ1n) is 5.31. The lowest BCUT2D eigenvalue weighted by molar-refractivity contribution is 0.249. The van der Waals surface area contributed by atoms with Gasteiger partial charge in [0.25, 0.3) is 0 Å². The fourth-order valence-corrected chi connectivity index (χ4v) is 1.77. The number of anilines is 1. The molecule has 3 nitrogen and oxygen atoms in total. The Morgan fingerprint density at radius 1 is 1.33 bits per heavy atom. The molecule has 2 rings (SSSR count). The molecule has 0 bridgehead atoms. The van der Waals surface area contributed by atoms with Crippen LogP contribution in [0.4, 0.5) is 10.5 Å². The largest absolute Gasteiger partial charge is 0.333 e. The molecule has 0 aliphatic carbocycles. The van der Waals surface area contributed by atoms with Gasteiger partial charge >= 0.3 is 6.03 Å². The van der Waals surface area contributed by atoms with Gasteiger partial charge in [0.1, 0.15) is 0 Å². The van der Waals surface area contributed by atoms with Crippen molar-refractivity contribution in [1.82, 2.24) is 5.32 Å². The summed E-state index contributed by atoms with van der Waals surface area (Å²) < 4.78 is 0. The van der Waals surface area contributed by atoms with Gasteiger partial charge in [0, 0.05) is 12.2 Å². The van der Waals surface area contributed by atoms with Crippen molar-refractivity contribution in [3.8, 4) is 0 Å². The lowest BCUT2D eigenvalue weighted by atomic mass is 10.1. The van der Waals surface area contributed by atoms with E-state index in [-0.39, 0.29) is 12.1 Å². The van der Waals surface area contributed by atoms with E-state index in [1.165, 1.54) is 0 Å². The third-order valence-corrected chi connectivity index (χ3v) is 2.81. The summed E-state index contributed by atoms with van der Waals surface area (Å²) in [6.45, 7) is 5.01. The number of carbonyl (C=O) groups is 1. The van der Waals surface area contributed by atoms with Crippen LogP contribution in [-0.2, 0) is 0 Å². The first kappa shape index (κ1) is 10.0. The molecule has 1 saturated heterocycles. The summed E-state index contributed by atoms with van der Waals surface area (Å²) in [4.78, 5) is 13.5. The molecule has 0 unspecified atom stereocenters. The molecule has 15 heavy (non-hydrogen) atoms. The number of para-hydroxylation sites is 1. The van der Waals surface area contributed by atoms with Crippen molar-refractivity contribution in [2.75, 3.05) is 11.4 Å². The molecule has 0 radical (unpaired) electrons. The minimum absolute atomic E-state index is 0.0138. The number of carbonyl (C=O) groups excluding carboxylic acids is 1. The maximum atomic E-state index is 11.7. The smallest absolute Gasteiger partial charge is 0.322 e. The van der Waals surface area contributed by atoms with Gasteiger partial charge in [-0.2, -0.15) is 0 Å². The SMILES string of the molecule is CC(C)[C@H]1CN(c2ccccc2)C(=O)N1. The molecule has 1 aliphatic heterocycles. The predicted molar refractivity (Wildman–Crippen MR) is 60.9 cm³/mol. The van der Waals surface area contributed by atoms with Crippen LogP contribution in [0.1, 0.15) is 13.8 Å². The van der Waals surface area contributed by atoms with Crippen molar-refractivity contribution < 1.29 is 4.79 Å². The summed E-state index contributed by atoms with van der Waals surface area (Å²) in [7, 11) is 0.